The molecule has 1 aliphatic rings. The van der Waals surface area contributed by atoms with Crippen LogP contribution in [0.4, 0.5) is 10.1 Å². The highest BCUT2D eigenvalue weighted by Crippen LogP contribution is 2.26. The van der Waals surface area contributed by atoms with Crippen molar-refractivity contribution in [1.82, 2.24) is 15.0 Å². The van der Waals surface area contributed by atoms with Crippen molar-refractivity contribution in [3.8, 4) is 0 Å². The molecule has 1 aromatic heterocycles. The van der Waals surface area contributed by atoms with Gasteiger partial charge in [-0.15, -0.1) is 0 Å². The smallest absolute Gasteiger partial charge is 0.414 e. The third-order valence-electron chi connectivity index (χ3n) is 4.69. The molecule has 10 nitrogen and oxygen atoms in total. The Bertz CT molecular complexity index is 1100. The minimum atomic E-state index is -1.82. The second kappa shape index (κ2) is 11.0. The van der Waals surface area contributed by atoms with E-state index in [1.165, 1.54) is 6.07 Å². The van der Waals surface area contributed by atoms with Crippen LogP contribution in [0, 0.1) is 5.82 Å². The summed E-state index contributed by atoms with van der Waals surface area (Å²) < 4.78 is 18.9. The monoisotopic (exact) mass is 456 g/mol. The number of carbonyl (C=O) groups excluding carboxylic acids is 1. The first-order valence-electron chi connectivity index (χ1n) is 9.91. The molecule has 0 unspecified atom stereocenters. The lowest BCUT2D eigenvalue weighted by Gasteiger charge is -2.36. The fourth-order valence-electron chi connectivity index (χ4n) is 3.09. The number of halogens is 1. The molecule has 33 heavy (non-hydrogen) atoms. The third kappa shape index (κ3) is 6.94. The Hall–Kier alpha value is -4.12. The molecule has 172 valence electrons. The van der Waals surface area contributed by atoms with Gasteiger partial charge in [0, 0.05) is 19.5 Å². The predicted molar refractivity (Wildman–Crippen MR) is 113 cm³/mol. The number of amides is 1. The largest absolute Gasteiger partial charge is 0.473 e. The van der Waals surface area contributed by atoms with E-state index in [0.29, 0.717) is 31.2 Å². The number of nitrogens with zero attached hydrogens (tertiary/aromatic N) is 3. The summed E-state index contributed by atoms with van der Waals surface area (Å²) in [4.78, 5) is 36.7. The van der Waals surface area contributed by atoms with Crippen LogP contribution in [0.1, 0.15) is 23.2 Å². The van der Waals surface area contributed by atoms with Crippen molar-refractivity contribution in [1.29, 1.82) is 0 Å². The molecule has 0 bridgehead atoms. The molecule has 0 saturated carbocycles. The maximum atomic E-state index is 13.6. The molecule has 2 aromatic carbocycles. The molecule has 1 amide bonds. The maximum absolute atomic E-state index is 13.6. The van der Waals surface area contributed by atoms with E-state index >= 15 is 0 Å². The van der Waals surface area contributed by atoms with Crippen molar-refractivity contribution in [3.05, 3.63) is 77.7 Å². The summed E-state index contributed by atoms with van der Waals surface area (Å²) in [5.74, 6) is -2.94. The van der Waals surface area contributed by atoms with E-state index in [1.54, 1.807) is 18.2 Å². The Morgan fingerprint density at radius 3 is 2.30 bits per heavy atom. The van der Waals surface area contributed by atoms with Gasteiger partial charge in [0.2, 0.25) is 11.8 Å². The first-order valence-corrected chi connectivity index (χ1v) is 9.91. The molecule has 3 aromatic rings. The number of likely N-dealkylation sites (tertiary alicyclic amines) is 1. The van der Waals surface area contributed by atoms with Crippen LogP contribution in [0.15, 0.2) is 59.1 Å². The minimum absolute atomic E-state index is 0.128. The Morgan fingerprint density at radius 1 is 1.03 bits per heavy atom. The highest BCUT2D eigenvalue weighted by Gasteiger charge is 2.33. The molecule has 0 atom stereocenters. The van der Waals surface area contributed by atoms with Gasteiger partial charge in [-0.1, -0.05) is 47.6 Å². The molecule has 0 aliphatic carbocycles. The topological polar surface area (TPSA) is 146 Å². The number of benzene rings is 2. The van der Waals surface area contributed by atoms with Crippen molar-refractivity contribution >= 4 is 23.5 Å². The highest BCUT2D eigenvalue weighted by atomic mass is 19.1. The number of aromatic nitrogens is 2. The number of para-hydroxylation sites is 1. The summed E-state index contributed by atoms with van der Waals surface area (Å²) >= 11 is 0. The van der Waals surface area contributed by atoms with Gasteiger partial charge in [-0.05, 0) is 17.7 Å². The van der Waals surface area contributed by atoms with Gasteiger partial charge >= 0.3 is 11.9 Å². The number of carbonyl (C=O) groups is 3. The second-order valence-corrected chi connectivity index (χ2v) is 7.24. The van der Waals surface area contributed by atoms with Crippen LogP contribution in [0.5, 0.6) is 0 Å². The summed E-state index contributed by atoms with van der Waals surface area (Å²) in [6.07, 6.45) is 0.631. The third-order valence-corrected chi connectivity index (χ3v) is 4.69. The molecule has 0 spiro atoms. The minimum Gasteiger partial charge on any atom is -0.473 e. The van der Waals surface area contributed by atoms with Gasteiger partial charge in [-0.25, -0.2) is 14.0 Å². The molecule has 3 N–H and O–H groups in total. The molecule has 1 aliphatic heterocycles. The van der Waals surface area contributed by atoms with E-state index < -0.39 is 17.8 Å². The fourth-order valence-corrected chi connectivity index (χ4v) is 3.09. The number of aliphatic carboxylic acids is 2. The number of nitrogens with one attached hydrogen (secondary N) is 1. The Kier molecular flexibility index (Phi) is 7.82. The normalized spacial score (nSPS) is 13.4. The number of anilines is 1. The van der Waals surface area contributed by atoms with E-state index in [0.717, 1.165) is 5.56 Å². The van der Waals surface area contributed by atoms with Crippen LogP contribution in [0.2, 0.25) is 0 Å². The molecular formula is C22H21FN4O6. The lowest BCUT2D eigenvalue weighted by Crippen LogP contribution is -2.48. The van der Waals surface area contributed by atoms with Gasteiger partial charge in [-0.3, -0.25) is 9.69 Å². The quantitative estimate of drug-likeness (QED) is 0.474. The van der Waals surface area contributed by atoms with Crippen LogP contribution >= 0.6 is 0 Å². The van der Waals surface area contributed by atoms with Crippen LogP contribution < -0.4 is 5.32 Å². The molecule has 4 rings (SSSR count). The van der Waals surface area contributed by atoms with Crippen LogP contribution in [-0.2, 0) is 20.8 Å². The van der Waals surface area contributed by atoms with Gasteiger partial charge in [0.15, 0.2) is 5.82 Å². The molecule has 1 fully saturated rings. The zero-order valence-corrected chi connectivity index (χ0v) is 17.3. The van der Waals surface area contributed by atoms with Crippen LogP contribution in [-0.4, -0.2) is 62.7 Å². The van der Waals surface area contributed by atoms with Crippen LogP contribution in [0.25, 0.3) is 0 Å². The second-order valence-electron chi connectivity index (χ2n) is 7.24. The van der Waals surface area contributed by atoms with Crippen molar-refractivity contribution in [2.24, 2.45) is 0 Å². The zero-order chi connectivity index (χ0) is 23.8. The lowest BCUT2D eigenvalue weighted by atomic mass is 10.0. The molecule has 2 heterocycles. The predicted octanol–water partition coefficient (Wildman–Crippen LogP) is 1.99. The van der Waals surface area contributed by atoms with Gasteiger partial charge in [0.05, 0.1) is 18.2 Å². The Balaban J connectivity index is 0.000000454. The van der Waals surface area contributed by atoms with Crippen molar-refractivity contribution in [2.75, 3.05) is 25.0 Å². The van der Waals surface area contributed by atoms with Crippen molar-refractivity contribution < 1.29 is 33.5 Å². The number of hydrogen-bond acceptors (Lipinski definition) is 7. The number of carboxylic acid groups (broad SMARTS) is 2. The van der Waals surface area contributed by atoms with E-state index in [9.17, 15) is 9.18 Å². The van der Waals surface area contributed by atoms with Gasteiger partial charge in [-0.2, -0.15) is 4.98 Å². The first-order chi connectivity index (χ1) is 15.8. The SMILES string of the molecule is O=C(CN1CC(c2nc(Cc3ccccc3)no2)C1)Nc1ccccc1F.O=C(O)C(=O)O. The molecule has 1 saturated heterocycles. The van der Waals surface area contributed by atoms with Crippen molar-refractivity contribution in [2.45, 2.75) is 12.3 Å². The van der Waals surface area contributed by atoms with Gasteiger partial charge in [0.25, 0.3) is 0 Å². The van der Waals surface area contributed by atoms with E-state index in [4.69, 9.17) is 24.3 Å². The van der Waals surface area contributed by atoms with E-state index in [2.05, 4.69) is 15.5 Å². The zero-order valence-electron chi connectivity index (χ0n) is 17.3. The summed E-state index contributed by atoms with van der Waals surface area (Å²) in [5.41, 5.74) is 1.33. The van der Waals surface area contributed by atoms with Gasteiger partial charge in [0.1, 0.15) is 5.82 Å². The van der Waals surface area contributed by atoms with E-state index in [1.807, 2.05) is 35.2 Å². The molecule has 0 radical (unpaired) electrons. The maximum Gasteiger partial charge on any atom is 0.414 e. The summed E-state index contributed by atoms with van der Waals surface area (Å²) in [6, 6.07) is 16.1. The summed E-state index contributed by atoms with van der Waals surface area (Å²) in [6.45, 7) is 1.53. The fraction of sp³-hybridized carbons (Fsp3) is 0.227. The highest BCUT2D eigenvalue weighted by molar-refractivity contribution is 6.27. The lowest BCUT2D eigenvalue weighted by molar-refractivity contribution is -0.159. The average molecular weight is 456 g/mol. The number of rotatable bonds is 6. The number of carboxylic acids is 2. The van der Waals surface area contributed by atoms with E-state index in [-0.39, 0.29) is 24.1 Å². The Labute approximate surface area is 187 Å². The summed E-state index contributed by atoms with van der Waals surface area (Å²) in [7, 11) is 0. The standard InChI is InChI=1S/C20H19FN4O2.C2H2O4/c21-16-8-4-5-9-17(16)22-19(26)13-25-11-15(12-25)20-23-18(24-27-20)10-14-6-2-1-3-7-14;3-1(4)2(5)6/h1-9,15H,10-13H2,(H,22,26);(H,3,4)(H,5,6). The van der Waals surface area contributed by atoms with Gasteiger partial charge < -0.3 is 20.1 Å². The molecule has 11 heteroatoms. The summed E-state index contributed by atoms with van der Waals surface area (Å²) in [5, 5.41) is 21.4. The number of hydrogen-bond donors (Lipinski definition) is 3. The van der Waals surface area contributed by atoms with Crippen LogP contribution in [0.3, 0.4) is 0 Å². The first kappa shape index (κ1) is 23.5. The van der Waals surface area contributed by atoms with Crippen molar-refractivity contribution in [3.63, 3.8) is 0 Å². The Morgan fingerprint density at radius 2 is 1.67 bits per heavy atom. The molecular weight excluding hydrogens is 435 g/mol. The average Bonchev–Trinajstić information content (AvgIpc) is 3.21.